The van der Waals surface area contributed by atoms with Crippen LogP contribution in [0.25, 0.3) is 0 Å². The summed E-state index contributed by atoms with van der Waals surface area (Å²) in [5.41, 5.74) is 1.14. The van der Waals surface area contributed by atoms with Crippen LogP contribution in [0.2, 0.25) is 0 Å². The monoisotopic (exact) mass is 410 g/mol. The van der Waals surface area contributed by atoms with Crippen molar-refractivity contribution in [2.75, 3.05) is 18.4 Å². The van der Waals surface area contributed by atoms with Gasteiger partial charge in [0.2, 0.25) is 0 Å². The molecule has 0 bridgehead atoms. The molecule has 2 nitrogen and oxygen atoms in total. The second-order valence-electron chi connectivity index (χ2n) is 3.93. The summed E-state index contributed by atoms with van der Waals surface area (Å²) >= 11 is 10.6. The first-order valence-corrected chi connectivity index (χ1v) is 7.66. The summed E-state index contributed by atoms with van der Waals surface area (Å²) in [6, 6.07) is 4.63. The lowest BCUT2D eigenvalue weighted by molar-refractivity contribution is 0.479. The normalized spacial score (nSPS) is 20.8. The Kier molecular flexibility index (Phi) is 4.70. The molecule has 0 amide bonds. The molecule has 5 heteroatoms. The van der Waals surface area contributed by atoms with Gasteiger partial charge in [-0.25, -0.2) is 0 Å². The summed E-state index contributed by atoms with van der Waals surface area (Å²) in [4.78, 5) is 0. The van der Waals surface area contributed by atoms with Crippen LogP contribution in [0.4, 0.5) is 5.69 Å². The second-order valence-corrected chi connectivity index (χ2v) is 6.56. The van der Waals surface area contributed by atoms with Gasteiger partial charge in [0.15, 0.2) is 0 Å². The average Bonchev–Trinajstić information content (AvgIpc) is 2.25. The predicted octanol–water partition coefficient (Wildman–Crippen LogP) is 4.14. The lowest BCUT2D eigenvalue weighted by atomic mass is 10.1. The maximum Gasteiger partial charge on any atom is 0.0632 e. The van der Waals surface area contributed by atoms with Crippen LogP contribution in [0.5, 0.6) is 0 Å². The topological polar surface area (TPSA) is 24.1 Å². The van der Waals surface area contributed by atoms with Gasteiger partial charge < -0.3 is 10.6 Å². The molecular weight excluding hydrogens is 400 g/mol. The average molecular weight is 413 g/mol. The minimum absolute atomic E-state index is 0.516. The van der Waals surface area contributed by atoms with Gasteiger partial charge in [-0.1, -0.05) is 15.9 Å². The molecular formula is C11H13Br3N2. The molecule has 1 aliphatic heterocycles. The van der Waals surface area contributed by atoms with Gasteiger partial charge in [0.1, 0.15) is 0 Å². The third-order valence-corrected chi connectivity index (χ3v) is 4.36. The van der Waals surface area contributed by atoms with E-state index in [9.17, 15) is 0 Å². The van der Waals surface area contributed by atoms with Gasteiger partial charge in [-0.15, -0.1) is 0 Å². The molecule has 1 heterocycles. The lowest BCUT2D eigenvalue weighted by Crippen LogP contribution is -2.38. The van der Waals surface area contributed by atoms with E-state index in [1.165, 1.54) is 12.8 Å². The standard InChI is InChI=1S/C11H13Br3N2/c12-7-4-9(13)11(10(14)5-7)16-8-2-1-3-15-6-8/h4-5,8,15-16H,1-3,6H2. The van der Waals surface area contributed by atoms with Crippen molar-refractivity contribution < 1.29 is 0 Å². The third-order valence-electron chi connectivity index (χ3n) is 2.65. The number of hydrogen-bond acceptors (Lipinski definition) is 2. The zero-order chi connectivity index (χ0) is 11.5. The zero-order valence-corrected chi connectivity index (χ0v) is 13.5. The van der Waals surface area contributed by atoms with E-state index in [0.717, 1.165) is 32.2 Å². The number of halogens is 3. The number of hydrogen-bond donors (Lipinski definition) is 2. The first-order chi connectivity index (χ1) is 7.66. The fraction of sp³-hybridized carbons (Fsp3) is 0.455. The minimum atomic E-state index is 0.516. The molecule has 0 aliphatic carbocycles. The molecule has 16 heavy (non-hydrogen) atoms. The first-order valence-electron chi connectivity index (χ1n) is 5.28. The Labute approximate surface area is 121 Å². The number of anilines is 1. The highest BCUT2D eigenvalue weighted by Gasteiger charge is 2.15. The molecule has 2 rings (SSSR count). The molecule has 0 aromatic heterocycles. The molecule has 0 spiro atoms. The van der Waals surface area contributed by atoms with Crippen LogP contribution in [0, 0.1) is 0 Å². The van der Waals surface area contributed by atoms with Crippen molar-refractivity contribution in [3.8, 4) is 0 Å². The number of rotatable bonds is 2. The Balaban J connectivity index is 2.14. The van der Waals surface area contributed by atoms with Crippen LogP contribution >= 0.6 is 47.8 Å². The van der Waals surface area contributed by atoms with Gasteiger partial charge in [-0.05, 0) is 63.4 Å². The zero-order valence-electron chi connectivity index (χ0n) is 8.69. The molecule has 0 radical (unpaired) electrons. The molecule has 1 unspecified atom stereocenters. The molecule has 1 saturated heterocycles. The van der Waals surface area contributed by atoms with Gasteiger partial charge in [0, 0.05) is 26.0 Å². The fourth-order valence-electron chi connectivity index (χ4n) is 1.86. The summed E-state index contributed by atoms with van der Waals surface area (Å²) in [7, 11) is 0. The second kappa shape index (κ2) is 5.85. The number of piperidine rings is 1. The van der Waals surface area contributed by atoms with Crippen LogP contribution in [0.3, 0.4) is 0 Å². The van der Waals surface area contributed by atoms with Gasteiger partial charge in [0.05, 0.1) is 5.69 Å². The number of nitrogens with one attached hydrogen (secondary N) is 2. The van der Waals surface area contributed by atoms with Crippen LogP contribution < -0.4 is 10.6 Å². The smallest absolute Gasteiger partial charge is 0.0632 e. The maximum atomic E-state index is 3.58. The van der Waals surface area contributed by atoms with Crippen molar-refractivity contribution in [3.63, 3.8) is 0 Å². The molecule has 1 aromatic rings. The van der Waals surface area contributed by atoms with Gasteiger partial charge in [-0.3, -0.25) is 0 Å². The molecule has 1 aliphatic rings. The molecule has 1 fully saturated rings. The Hall–Kier alpha value is 0.420. The van der Waals surface area contributed by atoms with E-state index in [4.69, 9.17) is 0 Å². The highest BCUT2D eigenvalue weighted by atomic mass is 79.9. The fourth-order valence-corrected chi connectivity index (χ4v) is 4.35. The summed E-state index contributed by atoms with van der Waals surface area (Å²) in [6.07, 6.45) is 2.46. The SMILES string of the molecule is Brc1cc(Br)c(NC2CCCNC2)c(Br)c1. The Bertz CT molecular complexity index is 352. The minimum Gasteiger partial charge on any atom is -0.379 e. The Morgan fingerprint density at radius 2 is 1.88 bits per heavy atom. The predicted molar refractivity (Wildman–Crippen MR) is 79.1 cm³/mol. The van der Waals surface area contributed by atoms with Gasteiger partial charge in [0.25, 0.3) is 0 Å². The first kappa shape index (κ1) is 12.9. The van der Waals surface area contributed by atoms with Crippen molar-refractivity contribution in [2.24, 2.45) is 0 Å². The van der Waals surface area contributed by atoms with Gasteiger partial charge in [-0.2, -0.15) is 0 Å². The van der Waals surface area contributed by atoms with Crippen LogP contribution in [0.1, 0.15) is 12.8 Å². The largest absolute Gasteiger partial charge is 0.379 e. The summed E-state index contributed by atoms with van der Waals surface area (Å²) in [5, 5.41) is 6.97. The molecule has 1 aromatic carbocycles. The van der Waals surface area contributed by atoms with E-state index < -0.39 is 0 Å². The van der Waals surface area contributed by atoms with E-state index in [1.807, 2.05) is 0 Å². The van der Waals surface area contributed by atoms with Crippen molar-refractivity contribution in [3.05, 3.63) is 25.6 Å². The van der Waals surface area contributed by atoms with E-state index in [0.29, 0.717) is 6.04 Å². The Morgan fingerprint density at radius 1 is 1.19 bits per heavy atom. The molecule has 2 N–H and O–H groups in total. The van der Waals surface area contributed by atoms with Crippen molar-refractivity contribution in [1.82, 2.24) is 5.32 Å². The summed E-state index contributed by atoms with van der Waals surface area (Å²) in [6.45, 7) is 2.18. The molecule has 88 valence electrons. The molecule has 0 saturated carbocycles. The maximum absolute atomic E-state index is 3.58. The lowest BCUT2D eigenvalue weighted by Gasteiger charge is -2.26. The Morgan fingerprint density at radius 3 is 2.44 bits per heavy atom. The van der Waals surface area contributed by atoms with E-state index >= 15 is 0 Å². The van der Waals surface area contributed by atoms with E-state index in [1.54, 1.807) is 0 Å². The van der Waals surface area contributed by atoms with Crippen LogP contribution in [-0.2, 0) is 0 Å². The van der Waals surface area contributed by atoms with Crippen LogP contribution in [0.15, 0.2) is 25.6 Å². The highest BCUT2D eigenvalue weighted by Crippen LogP contribution is 2.35. The van der Waals surface area contributed by atoms with Crippen molar-refractivity contribution in [1.29, 1.82) is 0 Å². The van der Waals surface area contributed by atoms with Gasteiger partial charge >= 0.3 is 0 Å². The van der Waals surface area contributed by atoms with E-state index in [-0.39, 0.29) is 0 Å². The van der Waals surface area contributed by atoms with Crippen molar-refractivity contribution in [2.45, 2.75) is 18.9 Å². The van der Waals surface area contributed by atoms with Crippen molar-refractivity contribution >= 4 is 53.5 Å². The number of benzene rings is 1. The van der Waals surface area contributed by atoms with Crippen LogP contribution in [-0.4, -0.2) is 19.1 Å². The third kappa shape index (κ3) is 3.22. The highest BCUT2D eigenvalue weighted by molar-refractivity contribution is 9.11. The quantitative estimate of drug-likeness (QED) is 0.762. The molecule has 1 atom stereocenters. The summed E-state index contributed by atoms with van der Waals surface area (Å²) in [5.74, 6) is 0. The summed E-state index contributed by atoms with van der Waals surface area (Å²) < 4.78 is 3.23. The van der Waals surface area contributed by atoms with E-state index in [2.05, 4.69) is 70.6 Å².